The molecule has 3 heteroatoms. The molecule has 19 heavy (non-hydrogen) atoms. The van der Waals surface area contributed by atoms with Crippen molar-refractivity contribution in [3.05, 3.63) is 23.4 Å². The van der Waals surface area contributed by atoms with Gasteiger partial charge < -0.3 is 10.6 Å². The Morgan fingerprint density at radius 3 is 2.95 bits per heavy atom. The fourth-order valence-corrected chi connectivity index (χ4v) is 3.11. The van der Waals surface area contributed by atoms with Crippen molar-refractivity contribution in [3.63, 3.8) is 0 Å². The molecule has 1 fully saturated rings. The van der Waals surface area contributed by atoms with E-state index in [1.165, 1.54) is 42.8 Å². The van der Waals surface area contributed by atoms with Crippen LogP contribution in [0.15, 0.2) is 12.3 Å². The molecule has 1 aliphatic rings. The van der Waals surface area contributed by atoms with Crippen LogP contribution in [-0.4, -0.2) is 24.1 Å². The first-order chi connectivity index (χ1) is 9.10. The van der Waals surface area contributed by atoms with Gasteiger partial charge in [-0.3, -0.25) is 0 Å². The van der Waals surface area contributed by atoms with Gasteiger partial charge in [0.15, 0.2) is 0 Å². The van der Waals surface area contributed by atoms with E-state index in [0.717, 1.165) is 18.9 Å². The highest BCUT2D eigenvalue weighted by Crippen LogP contribution is 2.27. The zero-order valence-corrected chi connectivity index (χ0v) is 12.5. The number of aromatic nitrogens is 1. The molecule has 2 rings (SSSR count). The Morgan fingerprint density at radius 1 is 1.53 bits per heavy atom. The molecule has 2 atom stereocenters. The maximum Gasteiger partial charge on any atom is 0.131 e. The lowest BCUT2D eigenvalue weighted by molar-refractivity contribution is 0.529. The first-order valence-electron chi connectivity index (χ1n) is 7.56. The van der Waals surface area contributed by atoms with Gasteiger partial charge in [-0.2, -0.15) is 0 Å². The molecule has 2 heterocycles. The topological polar surface area (TPSA) is 42.2 Å². The maximum atomic E-state index is 5.85. The predicted molar refractivity (Wildman–Crippen MR) is 81.6 cm³/mol. The molecule has 1 saturated heterocycles. The number of pyridine rings is 1. The molecule has 0 aliphatic carbocycles. The Morgan fingerprint density at radius 2 is 2.32 bits per heavy atom. The van der Waals surface area contributed by atoms with Gasteiger partial charge >= 0.3 is 0 Å². The van der Waals surface area contributed by atoms with Crippen LogP contribution in [0.4, 0.5) is 5.82 Å². The quantitative estimate of drug-likeness (QED) is 0.886. The van der Waals surface area contributed by atoms with Gasteiger partial charge in [-0.25, -0.2) is 4.98 Å². The summed E-state index contributed by atoms with van der Waals surface area (Å²) in [6.45, 7) is 8.81. The van der Waals surface area contributed by atoms with E-state index in [-0.39, 0.29) is 6.04 Å². The molecule has 3 nitrogen and oxygen atoms in total. The lowest BCUT2D eigenvalue weighted by Gasteiger charge is -2.20. The molecule has 0 saturated carbocycles. The van der Waals surface area contributed by atoms with Gasteiger partial charge in [-0.1, -0.05) is 19.4 Å². The van der Waals surface area contributed by atoms with Crippen molar-refractivity contribution in [3.8, 4) is 0 Å². The van der Waals surface area contributed by atoms with Gasteiger partial charge in [-0.15, -0.1) is 0 Å². The van der Waals surface area contributed by atoms with Gasteiger partial charge in [0, 0.05) is 25.3 Å². The maximum absolute atomic E-state index is 5.85. The number of rotatable bonds is 5. The highest BCUT2D eigenvalue weighted by Gasteiger charge is 2.23. The molecule has 106 valence electrons. The van der Waals surface area contributed by atoms with Gasteiger partial charge in [0.1, 0.15) is 5.82 Å². The van der Waals surface area contributed by atoms with Crippen molar-refractivity contribution in [2.75, 3.05) is 18.0 Å². The fraction of sp³-hybridized carbons (Fsp3) is 0.688. The van der Waals surface area contributed by atoms with E-state index in [2.05, 4.69) is 29.8 Å². The normalized spacial score (nSPS) is 20.8. The predicted octanol–water partition coefficient (Wildman–Crippen LogP) is 2.91. The van der Waals surface area contributed by atoms with Crippen LogP contribution >= 0.6 is 0 Å². The molecule has 1 aromatic rings. The SMILES string of the molecule is CCCC1CCN(c2ncc(CC(C)N)cc2C)C1. The monoisotopic (exact) mass is 261 g/mol. The summed E-state index contributed by atoms with van der Waals surface area (Å²) in [5.41, 5.74) is 8.39. The summed E-state index contributed by atoms with van der Waals surface area (Å²) in [6.07, 6.45) is 6.86. The minimum absolute atomic E-state index is 0.202. The molecule has 0 radical (unpaired) electrons. The second-order valence-electron chi connectivity index (χ2n) is 6.05. The van der Waals surface area contributed by atoms with E-state index in [0.29, 0.717) is 0 Å². The lowest BCUT2D eigenvalue weighted by atomic mass is 10.0. The van der Waals surface area contributed by atoms with Crippen LogP contribution in [0.3, 0.4) is 0 Å². The van der Waals surface area contributed by atoms with Crippen LogP contribution in [-0.2, 0) is 6.42 Å². The summed E-state index contributed by atoms with van der Waals surface area (Å²) in [4.78, 5) is 7.13. The zero-order chi connectivity index (χ0) is 13.8. The van der Waals surface area contributed by atoms with Crippen molar-refractivity contribution < 1.29 is 0 Å². The van der Waals surface area contributed by atoms with Gasteiger partial charge in [-0.05, 0) is 50.2 Å². The van der Waals surface area contributed by atoms with Crippen LogP contribution in [0.25, 0.3) is 0 Å². The Hall–Kier alpha value is -1.09. The van der Waals surface area contributed by atoms with Gasteiger partial charge in [0.05, 0.1) is 0 Å². The summed E-state index contributed by atoms with van der Waals surface area (Å²) in [5.74, 6) is 2.03. The van der Waals surface area contributed by atoms with Crippen molar-refractivity contribution in [2.24, 2.45) is 11.7 Å². The molecular formula is C16H27N3. The average molecular weight is 261 g/mol. The van der Waals surface area contributed by atoms with Crippen molar-refractivity contribution in [1.29, 1.82) is 0 Å². The molecule has 2 unspecified atom stereocenters. The Bertz CT molecular complexity index is 414. The Kier molecular flexibility index (Phi) is 4.81. The van der Waals surface area contributed by atoms with E-state index in [9.17, 15) is 0 Å². The lowest BCUT2D eigenvalue weighted by Crippen LogP contribution is -2.22. The molecule has 0 spiro atoms. The zero-order valence-electron chi connectivity index (χ0n) is 12.5. The summed E-state index contributed by atoms with van der Waals surface area (Å²) in [6, 6.07) is 2.45. The van der Waals surface area contributed by atoms with E-state index in [1.54, 1.807) is 0 Å². The van der Waals surface area contributed by atoms with E-state index < -0.39 is 0 Å². The van der Waals surface area contributed by atoms with Gasteiger partial charge in [0.25, 0.3) is 0 Å². The minimum Gasteiger partial charge on any atom is -0.356 e. The molecule has 1 aliphatic heterocycles. The van der Waals surface area contributed by atoms with Crippen LogP contribution in [0.1, 0.15) is 44.2 Å². The highest BCUT2D eigenvalue weighted by molar-refractivity contribution is 5.48. The summed E-state index contributed by atoms with van der Waals surface area (Å²) < 4.78 is 0. The number of aryl methyl sites for hydroxylation is 1. The summed E-state index contributed by atoms with van der Waals surface area (Å²) >= 11 is 0. The second kappa shape index (κ2) is 6.38. The molecule has 0 bridgehead atoms. The van der Waals surface area contributed by atoms with Crippen LogP contribution < -0.4 is 10.6 Å². The molecule has 1 aromatic heterocycles. The summed E-state index contributed by atoms with van der Waals surface area (Å²) in [5, 5.41) is 0. The molecule has 0 amide bonds. The van der Waals surface area contributed by atoms with E-state index in [4.69, 9.17) is 5.73 Å². The third kappa shape index (κ3) is 3.69. The van der Waals surface area contributed by atoms with Crippen molar-refractivity contribution in [1.82, 2.24) is 4.98 Å². The van der Waals surface area contributed by atoms with Crippen LogP contribution in [0, 0.1) is 12.8 Å². The van der Waals surface area contributed by atoms with E-state index in [1.807, 2.05) is 13.1 Å². The minimum atomic E-state index is 0.202. The highest BCUT2D eigenvalue weighted by atomic mass is 15.2. The van der Waals surface area contributed by atoms with Crippen molar-refractivity contribution >= 4 is 5.82 Å². The average Bonchev–Trinajstić information content (AvgIpc) is 2.77. The first kappa shape index (κ1) is 14.3. The summed E-state index contributed by atoms with van der Waals surface area (Å²) in [7, 11) is 0. The number of anilines is 1. The second-order valence-corrected chi connectivity index (χ2v) is 6.05. The third-order valence-corrected chi connectivity index (χ3v) is 3.95. The van der Waals surface area contributed by atoms with Crippen LogP contribution in [0.5, 0.6) is 0 Å². The fourth-order valence-electron chi connectivity index (χ4n) is 3.11. The third-order valence-electron chi connectivity index (χ3n) is 3.95. The van der Waals surface area contributed by atoms with Gasteiger partial charge in [0.2, 0.25) is 0 Å². The molecule has 0 aromatic carbocycles. The number of nitrogens with two attached hydrogens (primary N) is 1. The number of nitrogens with zero attached hydrogens (tertiary/aromatic N) is 2. The van der Waals surface area contributed by atoms with Crippen molar-refractivity contribution in [2.45, 2.75) is 52.5 Å². The van der Waals surface area contributed by atoms with Crippen LogP contribution in [0.2, 0.25) is 0 Å². The van der Waals surface area contributed by atoms with E-state index >= 15 is 0 Å². The smallest absolute Gasteiger partial charge is 0.131 e. The number of hydrogen-bond acceptors (Lipinski definition) is 3. The Balaban J connectivity index is 2.05. The molecular weight excluding hydrogens is 234 g/mol. The first-order valence-corrected chi connectivity index (χ1v) is 7.56. The number of hydrogen-bond donors (Lipinski definition) is 1. The molecule has 2 N–H and O–H groups in total. The standard InChI is InChI=1S/C16H27N3/c1-4-5-14-6-7-19(11-14)16-12(2)8-15(10-18-16)9-13(3)17/h8,10,13-14H,4-7,9,11,17H2,1-3H3. The largest absolute Gasteiger partial charge is 0.356 e. The Labute approximate surface area is 117 Å².